The van der Waals surface area contributed by atoms with E-state index in [9.17, 15) is 0 Å². The van der Waals surface area contributed by atoms with Gasteiger partial charge in [0.1, 0.15) is 5.15 Å². The molecule has 3 rings (SSSR count). The highest BCUT2D eigenvalue weighted by atomic mass is 35.5. The summed E-state index contributed by atoms with van der Waals surface area (Å²) in [6, 6.07) is 14.8. The summed E-state index contributed by atoms with van der Waals surface area (Å²) in [6.45, 7) is 4.07. The van der Waals surface area contributed by atoms with Gasteiger partial charge in [-0.3, -0.25) is 0 Å². The third-order valence-corrected chi connectivity index (χ3v) is 3.98. The fraction of sp³-hybridized carbons (Fsp3) is 0.312. The highest BCUT2D eigenvalue weighted by molar-refractivity contribution is 6.29. The lowest BCUT2D eigenvalue weighted by atomic mass is 10.1. The third-order valence-electron chi connectivity index (χ3n) is 3.77. The van der Waals surface area contributed by atoms with Crippen molar-refractivity contribution in [3.8, 4) is 0 Å². The van der Waals surface area contributed by atoms with E-state index in [2.05, 4.69) is 59.1 Å². The molecule has 0 saturated heterocycles. The monoisotopic (exact) mass is 287 g/mol. The molecule has 1 aromatic carbocycles. The van der Waals surface area contributed by atoms with Gasteiger partial charge < -0.3 is 9.80 Å². The Morgan fingerprint density at radius 1 is 1.20 bits per heavy atom. The van der Waals surface area contributed by atoms with Gasteiger partial charge >= 0.3 is 0 Å². The second kappa shape index (κ2) is 5.33. The van der Waals surface area contributed by atoms with Crippen LogP contribution in [0.15, 0.2) is 42.5 Å². The number of benzene rings is 1. The summed E-state index contributed by atoms with van der Waals surface area (Å²) in [5.41, 5.74) is 2.43. The van der Waals surface area contributed by atoms with Crippen molar-refractivity contribution in [2.45, 2.75) is 19.5 Å². The minimum absolute atomic E-state index is 0.402. The molecule has 104 valence electrons. The summed E-state index contributed by atoms with van der Waals surface area (Å²) >= 11 is 6.08. The molecular weight excluding hydrogens is 270 g/mol. The van der Waals surface area contributed by atoms with Crippen LogP contribution in [0.3, 0.4) is 0 Å². The van der Waals surface area contributed by atoms with Crippen molar-refractivity contribution >= 4 is 23.1 Å². The van der Waals surface area contributed by atoms with E-state index in [4.69, 9.17) is 11.6 Å². The average molecular weight is 288 g/mol. The standard InChI is InChI=1S/C16H18ClN3/c1-12-10-19(2)14-8-9-15(17)18-16(14)20(12)11-13-6-4-3-5-7-13/h3-9,12H,10-11H2,1-2H3/t12-/m1/s1. The molecule has 0 aliphatic carbocycles. The van der Waals surface area contributed by atoms with Crippen LogP contribution in [0.2, 0.25) is 5.15 Å². The number of hydrogen-bond acceptors (Lipinski definition) is 3. The Labute approximate surface area is 124 Å². The highest BCUT2D eigenvalue weighted by Crippen LogP contribution is 2.34. The molecule has 0 saturated carbocycles. The zero-order valence-corrected chi connectivity index (χ0v) is 12.5. The predicted octanol–water partition coefficient (Wildman–Crippen LogP) is 3.58. The molecule has 1 aliphatic heterocycles. The minimum atomic E-state index is 0.402. The summed E-state index contributed by atoms with van der Waals surface area (Å²) in [4.78, 5) is 9.11. The number of pyridine rings is 1. The molecule has 2 heterocycles. The van der Waals surface area contributed by atoms with Gasteiger partial charge in [-0.15, -0.1) is 0 Å². The first-order valence-electron chi connectivity index (χ1n) is 6.83. The van der Waals surface area contributed by atoms with Crippen LogP contribution < -0.4 is 9.80 Å². The van der Waals surface area contributed by atoms with Gasteiger partial charge in [0.15, 0.2) is 5.82 Å². The summed E-state index contributed by atoms with van der Waals surface area (Å²) in [5.74, 6) is 0.975. The fourth-order valence-corrected chi connectivity index (χ4v) is 2.88. The topological polar surface area (TPSA) is 19.4 Å². The molecule has 0 bridgehead atoms. The van der Waals surface area contributed by atoms with Crippen molar-refractivity contribution < 1.29 is 0 Å². The Hall–Kier alpha value is -1.74. The van der Waals surface area contributed by atoms with Crippen molar-refractivity contribution in [1.82, 2.24) is 4.98 Å². The lowest BCUT2D eigenvalue weighted by Gasteiger charge is -2.41. The van der Waals surface area contributed by atoms with Gasteiger partial charge in [0.05, 0.1) is 5.69 Å². The molecular formula is C16H18ClN3. The molecule has 3 nitrogen and oxygen atoms in total. The van der Waals surface area contributed by atoms with Crippen molar-refractivity contribution in [1.29, 1.82) is 0 Å². The molecule has 1 aromatic heterocycles. The van der Waals surface area contributed by atoms with Crippen LogP contribution in [0.4, 0.5) is 11.5 Å². The molecule has 4 heteroatoms. The molecule has 1 aliphatic rings. The number of likely N-dealkylation sites (N-methyl/N-ethyl adjacent to an activating group) is 1. The second-order valence-corrected chi connectivity index (χ2v) is 5.71. The first kappa shape index (κ1) is 13.3. The first-order valence-corrected chi connectivity index (χ1v) is 7.21. The van der Waals surface area contributed by atoms with E-state index in [0.29, 0.717) is 11.2 Å². The van der Waals surface area contributed by atoms with Gasteiger partial charge in [0.2, 0.25) is 0 Å². The number of fused-ring (bicyclic) bond motifs is 1. The van der Waals surface area contributed by atoms with Gasteiger partial charge in [-0.2, -0.15) is 0 Å². The van der Waals surface area contributed by atoms with Crippen LogP contribution in [-0.4, -0.2) is 24.6 Å². The Morgan fingerprint density at radius 2 is 1.95 bits per heavy atom. The maximum Gasteiger partial charge on any atom is 0.154 e. The van der Waals surface area contributed by atoms with E-state index in [1.54, 1.807) is 0 Å². The number of aromatic nitrogens is 1. The Balaban J connectivity index is 1.98. The van der Waals surface area contributed by atoms with Gasteiger partial charge in [-0.1, -0.05) is 41.9 Å². The molecule has 0 unspecified atom stereocenters. The smallest absolute Gasteiger partial charge is 0.154 e. The van der Waals surface area contributed by atoms with Crippen molar-refractivity contribution in [3.63, 3.8) is 0 Å². The van der Waals surface area contributed by atoms with Crippen LogP contribution in [0.1, 0.15) is 12.5 Å². The molecule has 1 atom stereocenters. The zero-order chi connectivity index (χ0) is 14.1. The van der Waals surface area contributed by atoms with Crippen LogP contribution in [0, 0.1) is 0 Å². The summed E-state index contributed by atoms with van der Waals surface area (Å²) in [6.07, 6.45) is 0. The molecule has 0 amide bonds. The van der Waals surface area contributed by atoms with Crippen LogP contribution >= 0.6 is 11.6 Å². The minimum Gasteiger partial charge on any atom is -0.370 e. The van der Waals surface area contributed by atoms with Crippen LogP contribution in [0.25, 0.3) is 0 Å². The normalized spacial score (nSPS) is 18.1. The second-order valence-electron chi connectivity index (χ2n) is 5.32. The zero-order valence-electron chi connectivity index (χ0n) is 11.8. The van der Waals surface area contributed by atoms with Crippen molar-refractivity contribution in [2.24, 2.45) is 0 Å². The van der Waals surface area contributed by atoms with Crippen molar-refractivity contribution in [3.05, 3.63) is 53.2 Å². The molecule has 0 spiro atoms. The quantitative estimate of drug-likeness (QED) is 0.787. The summed E-state index contributed by atoms with van der Waals surface area (Å²) < 4.78 is 0. The van der Waals surface area contributed by atoms with E-state index < -0.39 is 0 Å². The van der Waals surface area contributed by atoms with E-state index >= 15 is 0 Å². The lowest BCUT2D eigenvalue weighted by molar-refractivity contribution is 0.594. The van der Waals surface area contributed by atoms with Crippen LogP contribution in [-0.2, 0) is 6.54 Å². The van der Waals surface area contributed by atoms with Crippen molar-refractivity contribution in [2.75, 3.05) is 23.4 Å². The number of nitrogens with zero attached hydrogens (tertiary/aromatic N) is 3. The number of rotatable bonds is 2. The van der Waals surface area contributed by atoms with E-state index in [1.807, 2.05) is 12.1 Å². The van der Waals surface area contributed by atoms with Crippen LogP contribution in [0.5, 0.6) is 0 Å². The van der Waals surface area contributed by atoms with E-state index in [0.717, 1.165) is 24.6 Å². The maximum atomic E-state index is 6.08. The summed E-state index contributed by atoms with van der Waals surface area (Å²) in [7, 11) is 2.10. The maximum absolute atomic E-state index is 6.08. The largest absolute Gasteiger partial charge is 0.370 e. The Bertz CT molecular complexity index is 600. The molecule has 0 radical (unpaired) electrons. The first-order chi connectivity index (χ1) is 9.65. The number of anilines is 2. The molecule has 0 fully saturated rings. The fourth-order valence-electron chi connectivity index (χ4n) is 2.74. The van der Waals surface area contributed by atoms with Gasteiger partial charge in [-0.05, 0) is 24.6 Å². The lowest BCUT2D eigenvalue weighted by Crippen LogP contribution is -2.46. The highest BCUT2D eigenvalue weighted by Gasteiger charge is 2.27. The van der Waals surface area contributed by atoms with Gasteiger partial charge in [0.25, 0.3) is 0 Å². The average Bonchev–Trinajstić information content (AvgIpc) is 2.44. The third kappa shape index (κ3) is 2.46. The molecule has 20 heavy (non-hydrogen) atoms. The number of hydrogen-bond donors (Lipinski definition) is 0. The molecule has 0 N–H and O–H groups in total. The van der Waals surface area contributed by atoms with E-state index in [-0.39, 0.29) is 0 Å². The Morgan fingerprint density at radius 3 is 2.70 bits per heavy atom. The summed E-state index contributed by atoms with van der Waals surface area (Å²) in [5, 5.41) is 0.546. The molecule has 2 aromatic rings. The van der Waals surface area contributed by atoms with Gasteiger partial charge in [0, 0.05) is 26.2 Å². The number of halogens is 1. The van der Waals surface area contributed by atoms with Gasteiger partial charge in [-0.25, -0.2) is 4.98 Å². The van der Waals surface area contributed by atoms with E-state index in [1.165, 1.54) is 5.56 Å². The predicted molar refractivity (Wildman–Crippen MR) is 84.6 cm³/mol. The SMILES string of the molecule is C[C@@H]1CN(C)c2ccc(Cl)nc2N1Cc1ccccc1. The Kier molecular flexibility index (Phi) is 3.53.